The summed E-state index contributed by atoms with van der Waals surface area (Å²) in [5.74, 6) is 0. The second-order valence-corrected chi connectivity index (χ2v) is 3.48. The summed E-state index contributed by atoms with van der Waals surface area (Å²) < 4.78 is 2.23. The van der Waals surface area contributed by atoms with Crippen molar-refractivity contribution in [2.24, 2.45) is 0 Å². The lowest BCUT2D eigenvalue weighted by Gasteiger charge is -2.22. The Kier molecular flexibility index (Phi) is 2.82. The molecule has 2 heterocycles. The standard InChI is InChI=1S/C11H16N2/c1-2-6-12(7-3-1)10-11-13-8-4-5-9-13/h1-2,4-5,8-9H,3,6-7,10-11H2. The van der Waals surface area contributed by atoms with Crippen LogP contribution < -0.4 is 0 Å². The summed E-state index contributed by atoms with van der Waals surface area (Å²) in [5, 5.41) is 0. The van der Waals surface area contributed by atoms with Crippen LogP contribution in [0.1, 0.15) is 6.42 Å². The number of nitrogens with zero attached hydrogens (tertiary/aromatic N) is 2. The normalized spacial score (nSPS) is 17.8. The fourth-order valence-corrected chi connectivity index (χ4v) is 1.67. The molecule has 0 amide bonds. The fraction of sp³-hybridized carbons (Fsp3) is 0.455. The van der Waals surface area contributed by atoms with Crippen molar-refractivity contribution >= 4 is 0 Å². The molecule has 1 aliphatic heterocycles. The minimum Gasteiger partial charge on any atom is -0.353 e. The molecule has 0 N–H and O–H groups in total. The molecule has 1 aliphatic rings. The predicted octanol–water partition coefficient (Wildman–Crippen LogP) is 1.75. The van der Waals surface area contributed by atoms with Gasteiger partial charge in [-0.15, -0.1) is 0 Å². The van der Waals surface area contributed by atoms with Gasteiger partial charge in [0, 0.05) is 38.6 Å². The zero-order chi connectivity index (χ0) is 8.93. The molecule has 13 heavy (non-hydrogen) atoms. The highest BCUT2D eigenvalue weighted by molar-refractivity contribution is 4.92. The summed E-state index contributed by atoms with van der Waals surface area (Å²) in [5.41, 5.74) is 0. The topological polar surface area (TPSA) is 8.17 Å². The molecular weight excluding hydrogens is 160 g/mol. The van der Waals surface area contributed by atoms with Crippen molar-refractivity contribution in [1.82, 2.24) is 9.47 Å². The zero-order valence-electron chi connectivity index (χ0n) is 7.89. The first-order chi connectivity index (χ1) is 6.45. The number of hydrogen-bond acceptors (Lipinski definition) is 1. The summed E-state index contributed by atoms with van der Waals surface area (Å²) in [6.07, 6.45) is 10.00. The molecule has 0 radical (unpaired) electrons. The fourth-order valence-electron chi connectivity index (χ4n) is 1.67. The van der Waals surface area contributed by atoms with Gasteiger partial charge in [-0.3, -0.25) is 4.90 Å². The first-order valence-corrected chi connectivity index (χ1v) is 4.93. The van der Waals surface area contributed by atoms with Crippen LogP contribution in [-0.2, 0) is 6.54 Å². The largest absolute Gasteiger partial charge is 0.353 e. The maximum absolute atomic E-state index is 2.49. The molecule has 0 aliphatic carbocycles. The van der Waals surface area contributed by atoms with Crippen molar-refractivity contribution in [3.8, 4) is 0 Å². The summed E-state index contributed by atoms with van der Waals surface area (Å²) in [4.78, 5) is 2.49. The van der Waals surface area contributed by atoms with Crippen LogP contribution in [0.25, 0.3) is 0 Å². The van der Waals surface area contributed by atoms with Crippen molar-refractivity contribution in [2.45, 2.75) is 13.0 Å². The number of rotatable bonds is 3. The summed E-state index contributed by atoms with van der Waals surface area (Å²) in [7, 11) is 0. The predicted molar refractivity (Wildman–Crippen MR) is 54.6 cm³/mol. The average molecular weight is 176 g/mol. The average Bonchev–Trinajstić information content (AvgIpc) is 2.69. The maximum atomic E-state index is 2.49. The maximum Gasteiger partial charge on any atom is 0.0347 e. The van der Waals surface area contributed by atoms with Gasteiger partial charge in [0.25, 0.3) is 0 Å². The molecule has 0 atom stereocenters. The van der Waals surface area contributed by atoms with Crippen LogP contribution in [0.2, 0.25) is 0 Å². The number of hydrogen-bond donors (Lipinski definition) is 0. The quantitative estimate of drug-likeness (QED) is 0.637. The van der Waals surface area contributed by atoms with Crippen LogP contribution in [0.15, 0.2) is 36.7 Å². The number of aromatic nitrogens is 1. The molecule has 0 spiro atoms. The zero-order valence-corrected chi connectivity index (χ0v) is 7.89. The first-order valence-electron chi connectivity index (χ1n) is 4.93. The van der Waals surface area contributed by atoms with Crippen molar-refractivity contribution in [3.05, 3.63) is 36.7 Å². The molecule has 0 unspecified atom stereocenters. The molecule has 0 saturated heterocycles. The summed E-state index contributed by atoms with van der Waals surface area (Å²) in [6.45, 7) is 4.62. The van der Waals surface area contributed by atoms with Gasteiger partial charge in [0.05, 0.1) is 0 Å². The van der Waals surface area contributed by atoms with Gasteiger partial charge in [0.1, 0.15) is 0 Å². The molecule has 2 rings (SSSR count). The highest BCUT2D eigenvalue weighted by Crippen LogP contribution is 2.01. The van der Waals surface area contributed by atoms with Crippen LogP contribution in [0, 0.1) is 0 Å². The lowest BCUT2D eigenvalue weighted by Crippen LogP contribution is -2.30. The Hall–Kier alpha value is -1.02. The van der Waals surface area contributed by atoms with Crippen LogP contribution in [0.4, 0.5) is 0 Å². The van der Waals surface area contributed by atoms with Crippen LogP contribution in [0.5, 0.6) is 0 Å². The smallest absolute Gasteiger partial charge is 0.0347 e. The molecule has 0 bridgehead atoms. The third-order valence-corrected chi connectivity index (χ3v) is 2.48. The molecule has 1 aromatic heterocycles. The third kappa shape index (κ3) is 2.46. The van der Waals surface area contributed by atoms with Gasteiger partial charge in [-0.05, 0) is 18.6 Å². The first kappa shape index (κ1) is 8.57. The van der Waals surface area contributed by atoms with E-state index in [1.54, 1.807) is 0 Å². The monoisotopic (exact) mass is 176 g/mol. The van der Waals surface area contributed by atoms with E-state index in [9.17, 15) is 0 Å². The van der Waals surface area contributed by atoms with Crippen LogP contribution >= 0.6 is 0 Å². The third-order valence-electron chi connectivity index (χ3n) is 2.48. The SMILES string of the molecule is C1=CCN(CCn2cccc2)CC1. The molecule has 0 saturated carbocycles. The van der Waals surface area contributed by atoms with E-state index in [4.69, 9.17) is 0 Å². The minimum atomic E-state index is 1.11. The highest BCUT2D eigenvalue weighted by atomic mass is 15.1. The Balaban J connectivity index is 1.76. The van der Waals surface area contributed by atoms with E-state index in [-0.39, 0.29) is 0 Å². The van der Waals surface area contributed by atoms with Gasteiger partial charge in [0.15, 0.2) is 0 Å². The van der Waals surface area contributed by atoms with Crippen molar-refractivity contribution in [3.63, 3.8) is 0 Å². The van der Waals surface area contributed by atoms with Gasteiger partial charge in [-0.1, -0.05) is 12.2 Å². The minimum absolute atomic E-state index is 1.11. The van der Waals surface area contributed by atoms with E-state index >= 15 is 0 Å². The van der Waals surface area contributed by atoms with Crippen molar-refractivity contribution < 1.29 is 0 Å². The Morgan fingerprint density at radius 3 is 2.54 bits per heavy atom. The molecule has 70 valence electrons. The van der Waals surface area contributed by atoms with Crippen LogP contribution in [0.3, 0.4) is 0 Å². The molecular formula is C11H16N2. The Labute approximate surface area is 79.5 Å². The summed E-state index contributed by atoms with van der Waals surface area (Å²) in [6, 6.07) is 4.16. The molecule has 2 heteroatoms. The Morgan fingerprint density at radius 2 is 1.85 bits per heavy atom. The van der Waals surface area contributed by atoms with Gasteiger partial charge >= 0.3 is 0 Å². The van der Waals surface area contributed by atoms with Crippen molar-refractivity contribution in [1.29, 1.82) is 0 Å². The van der Waals surface area contributed by atoms with Gasteiger partial charge < -0.3 is 4.57 Å². The van der Waals surface area contributed by atoms with E-state index in [0.717, 1.165) is 13.1 Å². The lowest BCUT2D eigenvalue weighted by atomic mass is 10.2. The highest BCUT2D eigenvalue weighted by Gasteiger charge is 2.04. The van der Waals surface area contributed by atoms with Gasteiger partial charge in [-0.2, -0.15) is 0 Å². The molecule has 2 nitrogen and oxygen atoms in total. The van der Waals surface area contributed by atoms with E-state index in [2.05, 4.69) is 46.1 Å². The van der Waals surface area contributed by atoms with Crippen LogP contribution in [-0.4, -0.2) is 29.1 Å². The summed E-state index contributed by atoms with van der Waals surface area (Å²) >= 11 is 0. The van der Waals surface area contributed by atoms with E-state index in [1.165, 1.54) is 19.5 Å². The molecule has 0 aromatic carbocycles. The lowest BCUT2D eigenvalue weighted by molar-refractivity contribution is 0.286. The van der Waals surface area contributed by atoms with E-state index in [1.807, 2.05) is 0 Å². The second kappa shape index (κ2) is 4.28. The molecule has 1 aromatic rings. The second-order valence-electron chi connectivity index (χ2n) is 3.48. The van der Waals surface area contributed by atoms with E-state index < -0.39 is 0 Å². The van der Waals surface area contributed by atoms with Gasteiger partial charge in [-0.25, -0.2) is 0 Å². The Morgan fingerprint density at radius 1 is 1.00 bits per heavy atom. The van der Waals surface area contributed by atoms with E-state index in [0.29, 0.717) is 0 Å². The Bertz CT molecular complexity index is 262. The van der Waals surface area contributed by atoms with Crippen molar-refractivity contribution in [2.75, 3.05) is 19.6 Å². The van der Waals surface area contributed by atoms with Gasteiger partial charge in [0.2, 0.25) is 0 Å². The molecule has 0 fully saturated rings.